The van der Waals surface area contributed by atoms with E-state index in [1.165, 1.54) is 0 Å². The maximum Gasteiger partial charge on any atom is 0.256 e. The van der Waals surface area contributed by atoms with Crippen LogP contribution < -0.4 is 10.9 Å². The summed E-state index contributed by atoms with van der Waals surface area (Å²) in [6.07, 6.45) is 0.843. The third-order valence-electron chi connectivity index (χ3n) is 2.51. The van der Waals surface area contributed by atoms with E-state index in [0.717, 1.165) is 6.42 Å². The maximum absolute atomic E-state index is 11.8. The second kappa shape index (κ2) is 5.23. The number of hydrogen-bond donors (Lipinski definition) is 2. The van der Waals surface area contributed by atoms with Gasteiger partial charge >= 0.3 is 0 Å². The number of fused-ring (bicyclic) bond motifs is 1. The molecule has 0 unspecified atom stereocenters. The Labute approximate surface area is 109 Å². The topological polar surface area (TPSA) is 66.1 Å². The van der Waals surface area contributed by atoms with Crippen LogP contribution in [0.1, 0.15) is 23.7 Å². The van der Waals surface area contributed by atoms with Crippen LogP contribution in [0, 0.1) is 5.41 Å². The molecule has 0 aliphatic heterocycles. The lowest BCUT2D eigenvalue weighted by molar-refractivity contribution is 0.0949. The molecule has 0 bridgehead atoms. The van der Waals surface area contributed by atoms with E-state index in [0.29, 0.717) is 22.5 Å². The van der Waals surface area contributed by atoms with Gasteiger partial charge in [-0.1, -0.05) is 18.5 Å². The van der Waals surface area contributed by atoms with Crippen molar-refractivity contribution in [3.63, 3.8) is 0 Å². The van der Waals surface area contributed by atoms with Crippen molar-refractivity contribution in [2.24, 2.45) is 0 Å². The number of carbonyl (C=O) groups is 1. The molecule has 1 aromatic carbocycles. The van der Waals surface area contributed by atoms with Crippen LogP contribution in [0.15, 0.2) is 28.7 Å². The highest BCUT2D eigenvalue weighted by Gasteiger charge is 2.10. The van der Waals surface area contributed by atoms with E-state index in [1.807, 2.05) is 6.92 Å². The van der Waals surface area contributed by atoms with Gasteiger partial charge in [-0.05, 0) is 30.7 Å². The molecule has 2 aromatic rings. The third-order valence-corrected chi connectivity index (χ3v) is 2.74. The SMILES string of the molecule is CCCNC(=O)c1cc2cc(Cl)ccc2oc1=N. The minimum absolute atomic E-state index is 0.140. The highest BCUT2D eigenvalue weighted by Crippen LogP contribution is 2.18. The van der Waals surface area contributed by atoms with Gasteiger partial charge in [0.25, 0.3) is 5.91 Å². The molecule has 2 rings (SSSR count). The number of benzene rings is 1. The smallest absolute Gasteiger partial charge is 0.256 e. The first-order valence-corrected chi connectivity index (χ1v) is 6.06. The van der Waals surface area contributed by atoms with E-state index in [-0.39, 0.29) is 17.0 Å². The molecule has 0 aliphatic rings. The van der Waals surface area contributed by atoms with Crippen molar-refractivity contribution in [2.45, 2.75) is 13.3 Å². The first-order valence-electron chi connectivity index (χ1n) is 5.68. The number of carbonyl (C=O) groups excluding carboxylic acids is 1. The Kier molecular flexibility index (Phi) is 3.67. The molecule has 0 saturated heterocycles. The number of hydrogen-bond acceptors (Lipinski definition) is 3. The lowest BCUT2D eigenvalue weighted by Crippen LogP contribution is -2.28. The van der Waals surface area contributed by atoms with Gasteiger partial charge in [0.05, 0.1) is 0 Å². The van der Waals surface area contributed by atoms with Crippen LogP contribution in [0.3, 0.4) is 0 Å². The van der Waals surface area contributed by atoms with Crippen LogP contribution in [-0.2, 0) is 0 Å². The lowest BCUT2D eigenvalue weighted by atomic mass is 10.1. The van der Waals surface area contributed by atoms with Gasteiger partial charge in [0.15, 0.2) is 0 Å². The van der Waals surface area contributed by atoms with Crippen molar-refractivity contribution in [1.82, 2.24) is 5.32 Å². The number of halogens is 1. The number of rotatable bonds is 3. The van der Waals surface area contributed by atoms with Crippen LogP contribution >= 0.6 is 11.6 Å². The zero-order valence-corrected chi connectivity index (χ0v) is 10.7. The second-order valence-electron chi connectivity index (χ2n) is 3.93. The molecule has 0 saturated carbocycles. The van der Waals surface area contributed by atoms with Gasteiger partial charge in [0.2, 0.25) is 5.55 Å². The summed E-state index contributed by atoms with van der Waals surface area (Å²) in [6, 6.07) is 6.70. The first-order chi connectivity index (χ1) is 8.61. The fraction of sp³-hybridized carbons (Fsp3) is 0.231. The second-order valence-corrected chi connectivity index (χ2v) is 4.36. The van der Waals surface area contributed by atoms with Crippen molar-refractivity contribution in [2.75, 3.05) is 6.54 Å². The van der Waals surface area contributed by atoms with Gasteiger partial charge in [-0.2, -0.15) is 0 Å². The summed E-state index contributed by atoms with van der Waals surface area (Å²) in [6.45, 7) is 2.54. The summed E-state index contributed by atoms with van der Waals surface area (Å²) in [7, 11) is 0. The highest BCUT2D eigenvalue weighted by atomic mass is 35.5. The quantitative estimate of drug-likeness (QED) is 0.895. The summed E-state index contributed by atoms with van der Waals surface area (Å²) in [5.41, 5.74) is 0.619. The summed E-state index contributed by atoms with van der Waals surface area (Å²) in [5.74, 6) is -0.299. The van der Waals surface area contributed by atoms with Gasteiger partial charge in [-0.15, -0.1) is 0 Å². The Hall–Kier alpha value is -1.81. The van der Waals surface area contributed by atoms with Gasteiger partial charge in [-0.25, -0.2) is 0 Å². The van der Waals surface area contributed by atoms with Crippen LogP contribution in [0.25, 0.3) is 11.0 Å². The summed E-state index contributed by atoms with van der Waals surface area (Å²) in [5, 5.41) is 11.7. The van der Waals surface area contributed by atoms with E-state index in [4.69, 9.17) is 21.4 Å². The number of nitrogens with one attached hydrogen (secondary N) is 2. The molecule has 2 N–H and O–H groups in total. The van der Waals surface area contributed by atoms with Gasteiger partial charge in [0.1, 0.15) is 11.1 Å². The third kappa shape index (κ3) is 2.54. The van der Waals surface area contributed by atoms with E-state index < -0.39 is 0 Å². The molecule has 1 aromatic heterocycles. The molecule has 0 spiro atoms. The van der Waals surface area contributed by atoms with Crippen molar-refractivity contribution in [3.8, 4) is 0 Å². The lowest BCUT2D eigenvalue weighted by Gasteiger charge is -2.05. The molecule has 0 atom stereocenters. The highest BCUT2D eigenvalue weighted by molar-refractivity contribution is 6.31. The normalized spacial score (nSPS) is 10.6. The van der Waals surface area contributed by atoms with E-state index in [1.54, 1.807) is 24.3 Å². The largest absolute Gasteiger partial charge is 0.438 e. The average Bonchev–Trinajstić information content (AvgIpc) is 2.35. The van der Waals surface area contributed by atoms with Crippen molar-refractivity contribution < 1.29 is 9.21 Å². The summed E-state index contributed by atoms with van der Waals surface area (Å²) >= 11 is 5.88. The molecule has 1 heterocycles. The summed E-state index contributed by atoms with van der Waals surface area (Å²) < 4.78 is 5.30. The Morgan fingerprint density at radius 3 is 2.94 bits per heavy atom. The molecule has 0 aliphatic carbocycles. The fourth-order valence-corrected chi connectivity index (χ4v) is 1.79. The first kappa shape index (κ1) is 12.6. The Balaban J connectivity index is 2.48. The Morgan fingerprint density at radius 2 is 2.22 bits per heavy atom. The minimum atomic E-state index is -0.299. The van der Waals surface area contributed by atoms with Crippen LogP contribution in [0.5, 0.6) is 0 Å². The summed E-state index contributed by atoms with van der Waals surface area (Å²) in [4.78, 5) is 11.8. The van der Waals surface area contributed by atoms with Crippen molar-refractivity contribution >= 4 is 28.5 Å². The van der Waals surface area contributed by atoms with Gasteiger partial charge in [0, 0.05) is 17.0 Å². The molecule has 1 amide bonds. The van der Waals surface area contributed by atoms with E-state index in [9.17, 15) is 4.79 Å². The molecule has 94 valence electrons. The van der Waals surface area contributed by atoms with E-state index >= 15 is 0 Å². The molecule has 4 nitrogen and oxygen atoms in total. The predicted octanol–water partition coefficient (Wildman–Crippen LogP) is 2.71. The standard InChI is InChI=1S/C13H13ClN2O2/c1-2-5-16-13(17)10-7-8-6-9(14)3-4-11(8)18-12(10)15/h3-4,6-7,15H,2,5H2,1H3,(H,16,17). The molecular weight excluding hydrogens is 252 g/mol. The van der Waals surface area contributed by atoms with Gasteiger partial charge < -0.3 is 9.73 Å². The minimum Gasteiger partial charge on any atom is -0.438 e. The van der Waals surface area contributed by atoms with Crippen LogP contribution in [0.2, 0.25) is 5.02 Å². The zero-order chi connectivity index (χ0) is 13.1. The molecule has 5 heteroatoms. The molecular formula is C13H13ClN2O2. The van der Waals surface area contributed by atoms with E-state index in [2.05, 4.69) is 5.32 Å². The zero-order valence-electron chi connectivity index (χ0n) is 9.92. The van der Waals surface area contributed by atoms with Gasteiger partial charge in [-0.3, -0.25) is 10.2 Å². The number of amides is 1. The predicted molar refractivity (Wildman–Crippen MR) is 69.7 cm³/mol. The monoisotopic (exact) mass is 264 g/mol. The fourth-order valence-electron chi connectivity index (χ4n) is 1.61. The Bertz CT molecular complexity index is 649. The molecule has 0 radical (unpaired) electrons. The average molecular weight is 265 g/mol. The van der Waals surface area contributed by atoms with Crippen molar-refractivity contribution in [3.05, 3.63) is 40.4 Å². The maximum atomic E-state index is 11.8. The molecule has 18 heavy (non-hydrogen) atoms. The van der Waals surface area contributed by atoms with Crippen molar-refractivity contribution in [1.29, 1.82) is 5.41 Å². The van der Waals surface area contributed by atoms with Crippen LogP contribution in [0.4, 0.5) is 0 Å². The molecule has 0 fully saturated rings. The van der Waals surface area contributed by atoms with Crippen LogP contribution in [-0.4, -0.2) is 12.5 Å². The Morgan fingerprint density at radius 1 is 1.44 bits per heavy atom.